The highest BCUT2D eigenvalue weighted by Gasteiger charge is 2.30. The van der Waals surface area contributed by atoms with Crippen molar-refractivity contribution in [2.75, 3.05) is 6.54 Å². The lowest BCUT2D eigenvalue weighted by Crippen LogP contribution is -2.40. The Morgan fingerprint density at radius 1 is 1.07 bits per heavy atom. The van der Waals surface area contributed by atoms with Crippen LogP contribution in [0.1, 0.15) is 58.9 Å². The van der Waals surface area contributed by atoms with E-state index in [-0.39, 0.29) is 18.0 Å². The summed E-state index contributed by atoms with van der Waals surface area (Å²) >= 11 is 0. The summed E-state index contributed by atoms with van der Waals surface area (Å²) in [5.74, 6) is 0.134. The second kappa shape index (κ2) is 6.76. The largest absolute Gasteiger partial charge is 0.348 e. The van der Waals surface area contributed by atoms with Crippen LogP contribution in [0.2, 0.25) is 0 Å². The van der Waals surface area contributed by atoms with Crippen molar-refractivity contribution < 1.29 is 4.79 Å². The molecular weight excluding hydrogens is 334 g/mol. The number of fused-ring (bicyclic) bond motifs is 1. The molecule has 4 nitrogen and oxygen atoms in total. The van der Waals surface area contributed by atoms with Gasteiger partial charge in [-0.25, -0.2) is 0 Å². The van der Waals surface area contributed by atoms with Crippen molar-refractivity contribution >= 4 is 5.91 Å². The third-order valence-electron chi connectivity index (χ3n) is 5.99. The number of aromatic nitrogens is 2. The van der Waals surface area contributed by atoms with Gasteiger partial charge in [-0.1, -0.05) is 30.3 Å². The van der Waals surface area contributed by atoms with Gasteiger partial charge in [0.25, 0.3) is 5.91 Å². The van der Waals surface area contributed by atoms with E-state index in [4.69, 9.17) is 0 Å². The fraction of sp³-hybridized carbons (Fsp3) is 0.348. The molecule has 2 unspecified atom stereocenters. The van der Waals surface area contributed by atoms with Gasteiger partial charge in [0.15, 0.2) is 0 Å². The number of hydrogen-bond acceptors (Lipinski definition) is 1. The summed E-state index contributed by atoms with van der Waals surface area (Å²) in [6, 6.07) is 17.0. The summed E-state index contributed by atoms with van der Waals surface area (Å²) in [6.07, 6.45) is 2.10. The number of benzene rings is 1. The van der Waals surface area contributed by atoms with Crippen LogP contribution in [0.3, 0.4) is 0 Å². The maximum Gasteiger partial charge on any atom is 0.256 e. The summed E-state index contributed by atoms with van der Waals surface area (Å²) in [5.41, 5.74) is 5.45. The average Bonchev–Trinajstić information content (AvgIpc) is 3.27. The van der Waals surface area contributed by atoms with Crippen molar-refractivity contribution in [2.24, 2.45) is 0 Å². The Kier molecular flexibility index (Phi) is 4.42. The predicted molar refractivity (Wildman–Crippen MR) is 108 cm³/mol. The minimum Gasteiger partial charge on any atom is -0.348 e. The van der Waals surface area contributed by atoms with Crippen LogP contribution in [0.4, 0.5) is 0 Å². The van der Waals surface area contributed by atoms with Crippen molar-refractivity contribution in [3.63, 3.8) is 0 Å². The molecule has 0 aliphatic carbocycles. The maximum absolute atomic E-state index is 13.4. The molecule has 0 spiro atoms. The number of aryl methyl sites for hydroxylation is 1. The van der Waals surface area contributed by atoms with E-state index in [0.29, 0.717) is 0 Å². The molecule has 27 heavy (non-hydrogen) atoms. The van der Waals surface area contributed by atoms with E-state index in [0.717, 1.165) is 30.0 Å². The van der Waals surface area contributed by atoms with Crippen LogP contribution in [-0.2, 0) is 6.54 Å². The molecule has 0 saturated carbocycles. The third kappa shape index (κ3) is 2.89. The molecule has 2 atom stereocenters. The lowest BCUT2D eigenvalue weighted by Gasteiger charge is -2.35. The van der Waals surface area contributed by atoms with Crippen LogP contribution in [0, 0.1) is 13.8 Å². The summed E-state index contributed by atoms with van der Waals surface area (Å²) < 4.78 is 4.52. The van der Waals surface area contributed by atoms with E-state index >= 15 is 0 Å². The second-order valence-corrected chi connectivity index (χ2v) is 7.54. The van der Waals surface area contributed by atoms with Crippen LogP contribution in [0.5, 0.6) is 0 Å². The Labute approximate surface area is 161 Å². The van der Waals surface area contributed by atoms with Gasteiger partial charge in [0, 0.05) is 36.4 Å². The monoisotopic (exact) mass is 361 g/mol. The van der Waals surface area contributed by atoms with Gasteiger partial charge in [-0.2, -0.15) is 0 Å². The summed E-state index contributed by atoms with van der Waals surface area (Å²) in [5, 5.41) is 0. The minimum atomic E-state index is 0.0934. The first kappa shape index (κ1) is 17.7. The predicted octanol–water partition coefficient (Wildman–Crippen LogP) is 4.73. The van der Waals surface area contributed by atoms with Gasteiger partial charge >= 0.3 is 0 Å². The lowest BCUT2D eigenvalue weighted by atomic mass is 10.1. The number of hydrogen-bond donors (Lipinski definition) is 0. The van der Waals surface area contributed by atoms with Crippen molar-refractivity contribution in [1.82, 2.24) is 14.0 Å². The zero-order valence-corrected chi connectivity index (χ0v) is 16.5. The highest BCUT2D eigenvalue weighted by molar-refractivity contribution is 5.96. The SMILES string of the molecule is Cc1cc(C(=O)N2CCn3cccc3C2C)c(C)n1C(C)c1ccccc1. The molecule has 2 aromatic heterocycles. The van der Waals surface area contributed by atoms with Gasteiger partial charge in [-0.15, -0.1) is 0 Å². The molecule has 1 aliphatic rings. The van der Waals surface area contributed by atoms with Crippen molar-refractivity contribution in [3.05, 3.63) is 82.9 Å². The molecule has 140 valence electrons. The lowest BCUT2D eigenvalue weighted by molar-refractivity contribution is 0.0643. The maximum atomic E-state index is 13.4. The Bertz CT molecular complexity index is 967. The van der Waals surface area contributed by atoms with Crippen LogP contribution in [0.15, 0.2) is 54.7 Å². The van der Waals surface area contributed by atoms with Crippen LogP contribution >= 0.6 is 0 Å². The zero-order valence-electron chi connectivity index (χ0n) is 16.5. The average molecular weight is 361 g/mol. The van der Waals surface area contributed by atoms with Crippen molar-refractivity contribution in [1.29, 1.82) is 0 Å². The van der Waals surface area contributed by atoms with E-state index in [1.165, 1.54) is 11.3 Å². The molecule has 1 aromatic carbocycles. The Balaban J connectivity index is 1.66. The van der Waals surface area contributed by atoms with Crippen molar-refractivity contribution in [2.45, 2.75) is 46.3 Å². The fourth-order valence-electron chi connectivity index (χ4n) is 4.48. The number of nitrogens with zero attached hydrogens (tertiary/aromatic N) is 3. The molecule has 0 bridgehead atoms. The quantitative estimate of drug-likeness (QED) is 0.663. The molecule has 0 saturated heterocycles. The first-order valence-corrected chi connectivity index (χ1v) is 9.68. The van der Waals surface area contributed by atoms with Crippen LogP contribution in [0.25, 0.3) is 0 Å². The Morgan fingerprint density at radius 3 is 2.56 bits per heavy atom. The number of carbonyl (C=O) groups is 1. The van der Waals surface area contributed by atoms with Gasteiger partial charge in [0.1, 0.15) is 0 Å². The fourth-order valence-corrected chi connectivity index (χ4v) is 4.48. The molecule has 3 aromatic rings. The molecule has 0 N–H and O–H groups in total. The van der Waals surface area contributed by atoms with Crippen LogP contribution < -0.4 is 0 Å². The summed E-state index contributed by atoms with van der Waals surface area (Å²) in [7, 11) is 0. The van der Waals surface area contributed by atoms with E-state index < -0.39 is 0 Å². The van der Waals surface area contributed by atoms with Gasteiger partial charge in [0.05, 0.1) is 17.6 Å². The van der Waals surface area contributed by atoms with E-state index in [1.54, 1.807) is 0 Å². The molecule has 0 radical (unpaired) electrons. The van der Waals surface area contributed by atoms with E-state index in [2.05, 4.69) is 85.5 Å². The van der Waals surface area contributed by atoms with Gasteiger partial charge in [-0.3, -0.25) is 4.79 Å². The highest BCUT2D eigenvalue weighted by atomic mass is 16.2. The minimum absolute atomic E-state index is 0.0934. The standard InChI is InChI=1S/C23H27N3O/c1-16-15-21(18(3)26(16)17(2)20-9-6-5-7-10-20)23(27)25-14-13-24-12-8-11-22(24)19(25)4/h5-12,15,17,19H,13-14H2,1-4H3. The van der Waals surface area contributed by atoms with Gasteiger partial charge < -0.3 is 14.0 Å². The first-order valence-electron chi connectivity index (χ1n) is 9.68. The Hall–Kier alpha value is -2.75. The molecule has 1 aliphatic heterocycles. The van der Waals surface area contributed by atoms with Gasteiger partial charge in [-0.05, 0) is 51.5 Å². The molecule has 4 heteroatoms. The van der Waals surface area contributed by atoms with E-state index in [1.807, 2.05) is 11.0 Å². The second-order valence-electron chi connectivity index (χ2n) is 7.54. The molecular formula is C23H27N3O. The smallest absolute Gasteiger partial charge is 0.256 e. The molecule has 4 rings (SSSR count). The van der Waals surface area contributed by atoms with Gasteiger partial charge in [0.2, 0.25) is 0 Å². The van der Waals surface area contributed by atoms with E-state index in [9.17, 15) is 4.79 Å². The topological polar surface area (TPSA) is 30.2 Å². The molecule has 0 fully saturated rings. The number of rotatable bonds is 3. The summed E-state index contributed by atoms with van der Waals surface area (Å²) in [6.45, 7) is 10.1. The zero-order chi connectivity index (χ0) is 19.1. The van der Waals surface area contributed by atoms with Crippen LogP contribution in [-0.4, -0.2) is 26.5 Å². The molecule has 1 amide bonds. The highest BCUT2D eigenvalue weighted by Crippen LogP contribution is 2.30. The molecule has 3 heterocycles. The number of carbonyl (C=O) groups excluding carboxylic acids is 1. The number of amides is 1. The van der Waals surface area contributed by atoms with Crippen molar-refractivity contribution in [3.8, 4) is 0 Å². The third-order valence-corrected chi connectivity index (χ3v) is 5.99. The normalized spacial score (nSPS) is 17.6. The first-order chi connectivity index (χ1) is 13.0. The Morgan fingerprint density at radius 2 is 1.81 bits per heavy atom. The summed E-state index contributed by atoms with van der Waals surface area (Å²) in [4.78, 5) is 15.4.